The Labute approximate surface area is 104 Å². The molecule has 3 aliphatic carbocycles. The molecule has 0 radical (unpaired) electrons. The van der Waals surface area contributed by atoms with Crippen molar-refractivity contribution in [1.82, 2.24) is 0 Å². The van der Waals surface area contributed by atoms with Gasteiger partial charge in [0.25, 0.3) is 0 Å². The van der Waals surface area contributed by atoms with E-state index in [4.69, 9.17) is 0 Å². The molecule has 3 fully saturated rings. The van der Waals surface area contributed by atoms with Crippen molar-refractivity contribution in [2.75, 3.05) is 6.61 Å². The molecule has 0 aromatic rings. The summed E-state index contributed by atoms with van der Waals surface area (Å²) in [4.78, 5) is 0. The van der Waals surface area contributed by atoms with E-state index in [1.165, 1.54) is 44.9 Å². The van der Waals surface area contributed by atoms with Crippen LogP contribution in [0.3, 0.4) is 0 Å². The van der Waals surface area contributed by atoms with Crippen LogP contribution in [0.15, 0.2) is 0 Å². The van der Waals surface area contributed by atoms with Gasteiger partial charge in [-0.1, -0.05) is 25.7 Å². The first-order chi connectivity index (χ1) is 8.20. The average molecular weight is 238 g/mol. The van der Waals surface area contributed by atoms with Crippen molar-refractivity contribution in [3.63, 3.8) is 0 Å². The molecule has 98 valence electrons. The number of hydrogen-bond acceptors (Lipinski definition) is 2. The van der Waals surface area contributed by atoms with Crippen molar-refractivity contribution in [3.8, 4) is 0 Å². The maximum absolute atomic E-state index is 11.2. The lowest BCUT2D eigenvalue weighted by atomic mass is 9.61. The Kier molecular flexibility index (Phi) is 2.99. The Morgan fingerprint density at radius 3 is 2.18 bits per heavy atom. The molecule has 3 unspecified atom stereocenters. The number of hydrogen-bond donors (Lipinski definition) is 2. The third-order valence-corrected chi connectivity index (χ3v) is 6.10. The molecule has 0 aliphatic heterocycles. The molecule has 2 bridgehead atoms. The highest BCUT2D eigenvalue weighted by Crippen LogP contribution is 2.60. The van der Waals surface area contributed by atoms with Gasteiger partial charge in [0.2, 0.25) is 0 Å². The van der Waals surface area contributed by atoms with Crippen molar-refractivity contribution < 1.29 is 10.2 Å². The van der Waals surface area contributed by atoms with Crippen LogP contribution in [0.5, 0.6) is 0 Å². The van der Waals surface area contributed by atoms with Gasteiger partial charge in [-0.2, -0.15) is 0 Å². The predicted octanol–water partition coefficient (Wildman–Crippen LogP) is 2.87. The molecule has 3 rings (SSSR count). The Hall–Kier alpha value is -0.0800. The molecule has 2 nitrogen and oxygen atoms in total. The first-order valence-corrected chi connectivity index (χ1v) is 7.53. The first kappa shape index (κ1) is 12.0. The van der Waals surface area contributed by atoms with Gasteiger partial charge in [-0.25, -0.2) is 0 Å². The maximum Gasteiger partial charge on any atom is 0.0756 e. The predicted molar refractivity (Wildman–Crippen MR) is 67.6 cm³/mol. The van der Waals surface area contributed by atoms with Gasteiger partial charge in [-0.15, -0.1) is 0 Å². The van der Waals surface area contributed by atoms with Crippen molar-refractivity contribution in [1.29, 1.82) is 0 Å². The standard InChI is InChI=1S/C15H26O2/c16-11-14(7-3-1-2-4-8-14)15(17)10-12-5-6-13(15)9-12/h12-13,16-17H,1-11H2. The number of fused-ring (bicyclic) bond motifs is 2. The molecule has 17 heavy (non-hydrogen) atoms. The van der Waals surface area contributed by atoms with Gasteiger partial charge in [0.05, 0.1) is 12.2 Å². The van der Waals surface area contributed by atoms with Crippen LogP contribution in [0.4, 0.5) is 0 Å². The number of aliphatic hydroxyl groups is 2. The van der Waals surface area contributed by atoms with Crippen molar-refractivity contribution in [2.45, 2.75) is 69.8 Å². The summed E-state index contributed by atoms with van der Waals surface area (Å²) in [6.45, 7) is 0.201. The Balaban J connectivity index is 1.88. The summed E-state index contributed by atoms with van der Waals surface area (Å²) >= 11 is 0. The normalized spacial score (nSPS) is 44.8. The molecule has 0 amide bonds. The van der Waals surface area contributed by atoms with Gasteiger partial charge in [-0.05, 0) is 50.4 Å². The Bertz CT molecular complexity index is 281. The second-order valence-electron chi connectivity index (χ2n) is 6.86. The smallest absolute Gasteiger partial charge is 0.0756 e. The van der Waals surface area contributed by atoms with E-state index in [0.717, 1.165) is 25.2 Å². The molecule has 0 aromatic carbocycles. The second-order valence-corrected chi connectivity index (χ2v) is 6.86. The lowest BCUT2D eigenvalue weighted by Gasteiger charge is -2.49. The van der Waals surface area contributed by atoms with E-state index >= 15 is 0 Å². The second kappa shape index (κ2) is 4.24. The van der Waals surface area contributed by atoms with Crippen LogP contribution < -0.4 is 0 Å². The fourth-order valence-electron chi connectivity index (χ4n) is 5.08. The molecule has 0 spiro atoms. The van der Waals surface area contributed by atoms with Gasteiger partial charge < -0.3 is 10.2 Å². The highest BCUT2D eigenvalue weighted by atomic mass is 16.3. The van der Waals surface area contributed by atoms with Gasteiger partial charge in [0, 0.05) is 5.41 Å². The third-order valence-electron chi connectivity index (χ3n) is 6.10. The fraction of sp³-hybridized carbons (Fsp3) is 1.00. The quantitative estimate of drug-likeness (QED) is 0.726. The molecule has 3 aliphatic rings. The summed E-state index contributed by atoms with van der Waals surface area (Å²) in [7, 11) is 0. The molecule has 0 saturated heterocycles. The topological polar surface area (TPSA) is 40.5 Å². The zero-order valence-corrected chi connectivity index (χ0v) is 10.8. The third kappa shape index (κ3) is 1.67. The minimum atomic E-state index is -0.533. The summed E-state index contributed by atoms with van der Waals surface area (Å²) in [6.07, 6.45) is 11.7. The van der Waals surface area contributed by atoms with Gasteiger partial charge >= 0.3 is 0 Å². The average Bonchev–Trinajstić information content (AvgIpc) is 2.82. The van der Waals surface area contributed by atoms with Crippen molar-refractivity contribution in [2.24, 2.45) is 17.3 Å². The maximum atomic E-state index is 11.2. The highest BCUT2D eigenvalue weighted by molar-refractivity contribution is 5.10. The van der Waals surface area contributed by atoms with E-state index in [0.29, 0.717) is 5.92 Å². The Morgan fingerprint density at radius 1 is 1.00 bits per heavy atom. The fourth-order valence-corrected chi connectivity index (χ4v) is 5.08. The van der Waals surface area contributed by atoms with E-state index in [9.17, 15) is 10.2 Å². The number of aliphatic hydroxyl groups excluding tert-OH is 1. The first-order valence-electron chi connectivity index (χ1n) is 7.53. The van der Waals surface area contributed by atoms with E-state index in [2.05, 4.69) is 0 Å². The lowest BCUT2D eigenvalue weighted by Crippen LogP contribution is -2.54. The molecule has 0 heterocycles. The van der Waals surface area contributed by atoms with Crippen LogP contribution in [0.2, 0.25) is 0 Å². The summed E-state index contributed by atoms with van der Waals surface area (Å²) in [5.41, 5.74) is -0.696. The number of rotatable bonds is 2. The van der Waals surface area contributed by atoms with Crippen LogP contribution in [0, 0.1) is 17.3 Å². The molecule has 0 aromatic heterocycles. The van der Waals surface area contributed by atoms with E-state index in [1.807, 2.05) is 0 Å². The lowest BCUT2D eigenvalue weighted by molar-refractivity contribution is -0.149. The summed E-state index contributed by atoms with van der Waals surface area (Å²) in [5, 5.41) is 21.2. The van der Waals surface area contributed by atoms with Crippen LogP contribution in [0.25, 0.3) is 0 Å². The summed E-state index contributed by atoms with van der Waals surface area (Å²) < 4.78 is 0. The van der Waals surface area contributed by atoms with Crippen LogP contribution in [0.1, 0.15) is 64.2 Å². The molecule has 3 saturated carbocycles. The molecule has 3 atom stereocenters. The van der Waals surface area contributed by atoms with Crippen LogP contribution >= 0.6 is 0 Å². The molecule has 2 heteroatoms. The highest BCUT2D eigenvalue weighted by Gasteiger charge is 2.60. The van der Waals surface area contributed by atoms with E-state index in [-0.39, 0.29) is 12.0 Å². The van der Waals surface area contributed by atoms with Crippen LogP contribution in [-0.4, -0.2) is 22.4 Å². The molecular formula is C15H26O2. The SMILES string of the molecule is OCC1(C2(O)CC3CCC2C3)CCCCCC1. The molecule has 2 N–H and O–H groups in total. The van der Waals surface area contributed by atoms with E-state index < -0.39 is 5.60 Å². The van der Waals surface area contributed by atoms with Gasteiger partial charge in [0.15, 0.2) is 0 Å². The van der Waals surface area contributed by atoms with Crippen molar-refractivity contribution in [3.05, 3.63) is 0 Å². The van der Waals surface area contributed by atoms with Crippen LogP contribution in [-0.2, 0) is 0 Å². The largest absolute Gasteiger partial charge is 0.396 e. The zero-order valence-electron chi connectivity index (χ0n) is 10.8. The summed E-state index contributed by atoms with van der Waals surface area (Å²) in [5.74, 6) is 1.23. The minimum absolute atomic E-state index is 0.163. The molecular weight excluding hydrogens is 212 g/mol. The zero-order chi connectivity index (χ0) is 11.9. The Morgan fingerprint density at radius 2 is 1.71 bits per heavy atom. The monoisotopic (exact) mass is 238 g/mol. The van der Waals surface area contributed by atoms with Crippen molar-refractivity contribution >= 4 is 0 Å². The van der Waals surface area contributed by atoms with E-state index in [1.54, 1.807) is 0 Å². The summed E-state index contributed by atoms with van der Waals surface area (Å²) in [6, 6.07) is 0. The van der Waals surface area contributed by atoms with Gasteiger partial charge in [0.1, 0.15) is 0 Å². The van der Waals surface area contributed by atoms with Gasteiger partial charge in [-0.3, -0.25) is 0 Å². The minimum Gasteiger partial charge on any atom is -0.396 e.